The number of hydrogen-bond acceptors (Lipinski definition) is 5. The first-order valence-electron chi connectivity index (χ1n) is 9.54. The van der Waals surface area contributed by atoms with Gasteiger partial charge in [-0.25, -0.2) is 9.97 Å². The zero-order valence-electron chi connectivity index (χ0n) is 15.8. The number of aromatic amines is 1. The van der Waals surface area contributed by atoms with Crippen LogP contribution in [0.3, 0.4) is 0 Å². The van der Waals surface area contributed by atoms with Crippen LogP contribution in [0.5, 0.6) is 0 Å². The van der Waals surface area contributed by atoms with Gasteiger partial charge in [-0.3, -0.25) is 19.3 Å². The van der Waals surface area contributed by atoms with E-state index in [1.165, 1.54) is 10.9 Å². The van der Waals surface area contributed by atoms with Crippen molar-refractivity contribution in [3.05, 3.63) is 69.4 Å². The van der Waals surface area contributed by atoms with Gasteiger partial charge in [0.25, 0.3) is 5.56 Å². The lowest BCUT2D eigenvalue weighted by molar-refractivity contribution is -0.116. The number of H-pyrrole nitrogens is 1. The van der Waals surface area contributed by atoms with Crippen LogP contribution in [-0.2, 0) is 11.3 Å². The van der Waals surface area contributed by atoms with Crippen molar-refractivity contribution in [3.8, 4) is 11.4 Å². The van der Waals surface area contributed by atoms with E-state index in [2.05, 4.69) is 41.4 Å². The molecule has 0 spiro atoms. The first-order valence-corrected chi connectivity index (χ1v) is 10.3. The van der Waals surface area contributed by atoms with Crippen LogP contribution < -0.4 is 10.9 Å². The summed E-state index contributed by atoms with van der Waals surface area (Å²) in [5.41, 5.74) is 1.83. The summed E-state index contributed by atoms with van der Waals surface area (Å²) in [6.07, 6.45) is 3.71. The van der Waals surface area contributed by atoms with E-state index in [1.54, 1.807) is 24.3 Å². The predicted molar refractivity (Wildman–Crippen MR) is 116 cm³/mol. The fourth-order valence-electron chi connectivity index (χ4n) is 3.24. The highest BCUT2D eigenvalue weighted by atomic mass is 79.9. The number of carbonyl (C=O) groups is 1. The molecule has 4 aromatic rings. The molecule has 2 N–H and O–H groups in total. The molecule has 0 unspecified atom stereocenters. The third-order valence-electron chi connectivity index (χ3n) is 4.99. The molecule has 1 aliphatic rings. The average molecular weight is 465 g/mol. The van der Waals surface area contributed by atoms with Crippen molar-refractivity contribution in [2.45, 2.75) is 25.3 Å². The summed E-state index contributed by atoms with van der Waals surface area (Å²) in [7, 11) is 0. The summed E-state index contributed by atoms with van der Waals surface area (Å²) in [4.78, 5) is 33.8. The summed E-state index contributed by atoms with van der Waals surface area (Å²) in [6, 6.07) is 12.6. The molecule has 0 atom stereocenters. The molecule has 150 valence electrons. The van der Waals surface area contributed by atoms with E-state index in [0.29, 0.717) is 28.3 Å². The number of hydrogen-bond donors (Lipinski definition) is 2. The number of rotatable bonds is 5. The van der Waals surface area contributed by atoms with Gasteiger partial charge in [0.05, 0.1) is 17.2 Å². The molecule has 0 saturated heterocycles. The molecule has 1 amide bonds. The average Bonchev–Trinajstić information content (AvgIpc) is 3.48. The maximum atomic E-state index is 12.6. The topological polar surface area (TPSA) is 106 Å². The molecule has 0 radical (unpaired) electrons. The third-order valence-corrected chi connectivity index (χ3v) is 5.49. The van der Waals surface area contributed by atoms with Gasteiger partial charge in [0.2, 0.25) is 5.91 Å². The second-order valence-electron chi connectivity index (χ2n) is 7.28. The number of halogens is 1. The minimum atomic E-state index is -0.310. The largest absolute Gasteiger partial charge is 0.325 e. The molecule has 1 saturated carbocycles. The molecule has 5 rings (SSSR count). The minimum absolute atomic E-state index is 0.123. The molecule has 2 aromatic heterocycles. The zero-order valence-corrected chi connectivity index (χ0v) is 17.4. The van der Waals surface area contributed by atoms with Gasteiger partial charge < -0.3 is 5.32 Å². The molecule has 30 heavy (non-hydrogen) atoms. The standard InChI is InChI=1S/C21H17BrN6O2/c22-14-5-8-17-16(9-14)21(30)28(11-23-17)10-18(29)24-15-6-3-13(4-7-15)20-25-19(26-27-20)12-1-2-12/h3-9,11-12H,1-2,10H2,(H,24,29)(H,25,26,27). The fourth-order valence-corrected chi connectivity index (χ4v) is 3.61. The Hall–Kier alpha value is -3.33. The molecule has 1 aliphatic carbocycles. The molecule has 8 nitrogen and oxygen atoms in total. The van der Waals surface area contributed by atoms with Crippen LogP contribution in [0.15, 0.2) is 58.1 Å². The van der Waals surface area contributed by atoms with Crippen LogP contribution >= 0.6 is 15.9 Å². The number of fused-ring (bicyclic) bond motifs is 1. The van der Waals surface area contributed by atoms with Crippen molar-refractivity contribution < 1.29 is 4.79 Å². The number of amides is 1. The Kier molecular flexibility index (Phi) is 4.66. The zero-order chi connectivity index (χ0) is 20.7. The molecule has 0 aliphatic heterocycles. The lowest BCUT2D eigenvalue weighted by Gasteiger charge is -2.08. The number of nitrogens with zero attached hydrogens (tertiary/aromatic N) is 4. The smallest absolute Gasteiger partial charge is 0.261 e. The number of aromatic nitrogens is 5. The number of carbonyl (C=O) groups excluding carboxylic acids is 1. The Balaban J connectivity index is 1.29. The molecule has 2 aromatic carbocycles. The second kappa shape index (κ2) is 7.49. The summed E-state index contributed by atoms with van der Waals surface area (Å²) < 4.78 is 2.08. The van der Waals surface area contributed by atoms with Gasteiger partial charge >= 0.3 is 0 Å². The Morgan fingerprint density at radius 3 is 2.77 bits per heavy atom. The van der Waals surface area contributed by atoms with Crippen LogP contribution in [0.2, 0.25) is 0 Å². The van der Waals surface area contributed by atoms with Gasteiger partial charge in [0, 0.05) is 21.6 Å². The number of nitrogens with one attached hydrogen (secondary N) is 2. The molecule has 2 heterocycles. The van der Waals surface area contributed by atoms with Crippen LogP contribution in [0, 0.1) is 0 Å². The number of anilines is 1. The van der Waals surface area contributed by atoms with Gasteiger partial charge in [-0.15, -0.1) is 0 Å². The summed E-state index contributed by atoms with van der Waals surface area (Å²) in [5, 5.41) is 10.5. The van der Waals surface area contributed by atoms with Crippen LogP contribution in [0.1, 0.15) is 24.6 Å². The second-order valence-corrected chi connectivity index (χ2v) is 8.20. The highest BCUT2D eigenvalue weighted by Gasteiger charge is 2.27. The Morgan fingerprint density at radius 2 is 2.00 bits per heavy atom. The Bertz CT molecular complexity index is 1310. The highest BCUT2D eigenvalue weighted by molar-refractivity contribution is 9.10. The van der Waals surface area contributed by atoms with E-state index in [-0.39, 0.29) is 18.0 Å². The maximum absolute atomic E-state index is 12.6. The fraction of sp³-hybridized carbons (Fsp3) is 0.190. The van der Waals surface area contributed by atoms with Gasteiger partial charge in [-0.2, -0.15) is 5.10 Å². The van der Waals surface area contributed by atoms with E-state index in [9.17, 15) is 9.59 Å². The van der Waals surface area contributed by atoms with Gasteiger partial charge in [-0.05, 0) is 55.3 Å². The van der Waals surface area contributed by atoms with Crippen LogP contribution in [0.4, 0.5) is 5.69 Å². The van der Waals surface area contributed by atoms with Gasteiger partial charge in [0.15, 0.2) is 5.82 Å². The Labute approximate surface area is 179 Å². The van der Waals surface area contributed by atoms with Crippen molar-refractivity contribution in [2.75, 3.05) is 5.32 Å². The van der Waals surface area contributed by atoms with E-state index >= 15 is 0 Å². The van der Waals surface area contributed by atoms with Crippen molar-refractivity contribution in [3.63, 3.8) is 0 Å². The van der Waals surface area contributed by atoms with E-state index in [0.717, 1.165) is 28.7 Å². The lowest BCUT2D eigenvalue weighted by Crippen LogP contribution is -2.27. The van der Waals surface area contributed by atoms with Crippen LogP contribution in [0.25, 0.3) is 22.3 Å². The maximum Gasteiger partial charge on any atom is 0.261 e. The van der Waals surface area contributed by atoms with Gasteiger partial charge in [0.1, 0.15) is 12.4 Å². The first-order chi connectivity index (χ1) is 14.6. The van der Waals surface area contributed by atoms with E-state index < -0.39 is 0 Å². The molecule has 0 bridgehead atoms. The van der Waals surface area contributed by atoms with Crippen molar-refractivity contribution in [1.29, 1.82) is 0 Å². The molecular formula is C21H17BrN6O2. The summed E-state index contributed by atoms with van der Waals surface area (Å²) >= 11 is 3.35. The quantitative estimate of drug-likeness (QED) is 0.470. The van der Waals surface area contributed by atoms with E-state index in [4.69, 9.17) is 0 Å². The molecule has 9 heteroatoms. The third kappa shape index (κ3) is 3.76. The predicted octanol–water partition coefficient (Wildman–Crippen LogP) is 3.46. The molecule has 1 fully saturated rings. The van der Waals surface area contributed by atoms with Crippen LogP contribution in [-0.4, -0.2) is 30.6 Å². The summed E-state index contributed by atoms with van der Waals surface area (Å²) in [5.74, 6) is 1.78. The normalized spacial score (nSPS) is 13.5. The first kappa shape index (κ1) is 18.7. The van der Waals surface area contributed by atoms with Crippen molar-refractivity contribution in [1.82, 2.24) is 24.7 Å². The van der Waals surface area contributed by atoms with E-state index in [1.807, 2.05) is 18.2 Å². The minimum Gasteiger partial charge on any atom is -0.325 e. The monoisotopic (exact) mass is 464 g/mol. The Morgan fingerprint density at radius 1 is 1.20 bits per heavy atom. The summed E-state index contributed by atoms with van der Waals surface area (Å²) in [6.45, 7) is -0.123. The van der Waals surface area contributed by atoms with Crippen molar-refractivity contribution in [2.24, 2.45) is 0 Å². The van der Waals surface area contributed by atoms with Gasteiger partial charge in [-0.1, -0.05) is 15.9 Å². The lowest BCUT2D eigenvalue weighted by atomic mass is 10.2. The SMILES string of the molecule is O=C(Cn1cnc2ccc(Br)cc2c1=O)Nc1ccc(-c2n[nH]c(C3CC3)n2)cc1. The van der Waals surface area contributed by atoms with Crippen molar-refractivity contribution >= 4 is 38.4 Å². The highest BCUT2D eigenvalue weighted by Crippen LogP contribution is 2.38. The number of benzene rings is 2. The molecular weight excluding hydrogens is 448 g/mol.